The first-order chi connectivity index (χ1) is 10.8. The zero-order valence-electron chi connectivity index (χ0n) is 13.6. The third-order valence-electron chi connectivity index (χ3n) is 4.23. The SMILES string of the molecule is COCc1ccc(C(=O)NCCNC2CCCCCC2)cc1. The van der Waals surface area contributed by atoms with E-state index in [2.05, 4.69) is 10.6 Å². The van der Waals surface area contributed by atoms with Crippen LogP contribution in [0.1, 0.15) is 54.4 Å². The first kappa shape index (κ1) is 17.0. The van der Waals surface area contributed by atoms with Crippen molar-refractivity contribution in [2.45, 2.75) is 51.2 Å². The molecule has 1 fully saturated rings. The van der Waals surface area contributed by atoms with Crippen molar-refractivity contribution in [1.29, 1.82) is 0 Å². The summed E-state index contributed by atoms with van der Waals surface area (Å²) < 4.78 is 5.07. The average molecular weight is 304 g/mol. The minimum Gasteiger partial charge on any atom is -0.380 e. The summed E-state index contributed by atoms with van der Waals surface area (Å²) in [6, 6.07) is 8.20. The summed E-state index contributed by atoms with van der Waals surface area (Å²) in [5.41, 5.74) is 1.78. The minimum atomic E-state index is -0.00775. The van der Waals surface area contributed by atoms with Gasteiger partial charge in [-0.05, 0) is 30.5 Å². The van der Waals surface area contributed by atoms with Crippen molar-refractivity contribution in [2.24, 2.45) is 0 Å². The summed E-state index contributed by atoms with van der Waals surface area (Å²) in [5.74, 6) is -0.00775. The number of hydrogen-bond acceptors (Lipinski definition) is 3. The predicted molar refractivity (Wildman–Crippen MR) is 89.0 cm³/mol. The average Bonchev–Trinajstić information content (AvgIpc) is 2.81. The van der Waals surface area contributed by atoms with E-state index in [1.54, 1.807) is 7.11 Å². The fraction of sp³-hybridized carbons (Fsp3) is 0.611. The molecule has 2 rings (SSSR count). The Hall–Kier alpha value is -1.39. The lowest BCUT2D eigenvalue weighted by Gasteiger charge is -2.16. The molecule has 0 atom stereocenters. The largest absolute Gasteiger partial charge is 0.380 e. The van der Waals surface area contributed by atoms with Crippen LogP contribution >= 0.6 is 0 Å². The van der Waals surface area contributed by atoms with Crippen LogP contribution in [0.4, 0.5) is 0 Å². The molecule has 1 aromatic carbocycles. The third-order valence-corrected chi connectivity index (χ3v) is 4.23. The smallest absolute Gasteiger partial charge is 0.251 e. The molecule has 0 bridgehead atoms. The van der Waals surface area contributed by atoms with Gasteiger partial charge in [0.2, 0.25) is 0 Å². The molecule has 0 radical (unpaired) electrons. The van der Waals surface area contributed by atoms with Crippen LogP contribution in [0.3, 0.4) is 0 Å². The zero-order valence-corrected chi connectivity index (χ0v) is 13.6. The van der Waals surface area contributed by atoms with Crippen molar-refractivity contribution in [3.8, 4) is 0 Å². The van der Waals surface area contributed by atoms with E-state index in [4.69, 9.17) is 4.74 Å². The van der Waals surface area contributed by atoms with Gasteiger partial charge in [0.25, 0.3) is 5.91 Å². The quantitative estimate of drug-likeness (QED) is 0.601. The highest BCUT2D eigenvalue weighted by Crippen LogP contribution is 2.16. The maximum absolute atomic E-state index is 12.0. The van der Waals surface area contributed by atoms with Gasteiger partial charge in [0.05, 0.1) is 6.61 Å². The Morgan fingerprint density at radius 1 is 1.09 bits per heavy atom. The molecule has 1 amide bonds. The Morgan fingerprint density at radius 3 is 2.41 bits per heavy atom. The minimum absolute atomic E-state index is 0.00775. The molecule has 1 aliphatic rings. The molecule has 0 aliphatic heterocycles. The number of carbonyl (C=O) groups excluding carboxylic acids is 1. The van der Waals surface area contributed by atoms with Crippen molar-refractivity contribution in [2.75, 3.05) is 20.2 Å². The van der Waals surface area contributed by atoms with Crippen LogP contribution in [0.25, 0.3) is 0 Å². The standard InChI is InChI=1S/C18H28N2O2/c1-22-14-15-8-10-16(11-9-15)18(21)20-13-12-19-17-6-4-2-3-5-7-17/h8-11,17,19H,2-7,12-14H2,1H3,(H,20,21). The van der Waals surface area contributed by atoms with Gasteiger partial charge in [-0.3, -0.25) is 4.79 Å². The van der Waals surface area contributed by atoms with Crippen LogP contribution in [0.5, 0.6) is 0 Å². The maximum Gasteiger partial charge on any atom is 0.251 e. The number of rotatable bonds is 7. The molecule has 4 heteroatoms. The Kier molecular flexibility index (Phi) is 7.40. The number of ether oxygens (including phenoxy) is 1. The summed E-state index contributed by atoms with van der Waals surface area (Å²) in [7, 11) is 1.67. The lowest BCUT2D eigenvalue weighted by molar-refractivity contribution is 0.0953. The topological polar surface area (TPSA) is 50.4 Å². The maximum atomic E-state index is 12.0. The second-order valence-electron chi connectivity index (χ2n) is 6.03. The van der Waals surface area contributed by atoms with Crippen molar-refractivity contribution < 1.29 is 9.53 Å². The second-order valence-corrected chi connectivity index (χ2v) is 6.03. The van der Waals surface area contributed by atoms with Gasteiger partial charge >= 0.3 is 0 Å². The molecule has 1 aliphatic carbocycles. The molecule has 0 spiro atoms. The second kappa shape index (κ2) is 9.59. The molecule has 0 heterocycles. The number of carbonyl (C=O) groups is 1. The van der Waals surface area contributed by atoms with Gasteiger partial charge in [-0.1, -0.05) is 37.8 Å². The van der Waals surface area contributed by atoms with Crippen molar-refractivity contribution >= 4 is 5.91 Å². The molecule has 2 N–H and O–H groups in total. The lowest BCUT2D eigenvalue weighted by atomic mass is 10.1. The molecule has 0 unspecified atom stereocenters. The Bertz CT molecular complexity index is 437. The molecule has 0 aromatic heterocycles. The van der Waals surface area contributed by atoms with Gasteiger partial charge in [0, 0.05) is 31.8 Å². The fourth-order valence-corrected chi connectivity index (χ4v) is 2.96. The first-order valence-electron chi connectivity index (χ1n) is 8.39. The summed E-state index contributed by atoms with van der Waals surface area (Å²) in [6.45, 7) is 2.10. The summed E-state index contributed by atoms with van der Waals surface area (Å²) in [4.78, 5) is 12.0. The third kappa shape index (κ3) is 5.78. The van der Waals surface area contributed by atoms with Crippen LogP contribution in [-0.4, -0.2) is 32.1 Å². The van der Waals surface area contributed by atoms with Crippen molar-refractivity contribution in [3.05, 3.63) is 35.4 Å². The highest BCUT2D eigenvalue weighted by Gasteiger charge is 2.11. The van der Waals surface area contributed by atoms with Crippen LogP contribution in [0.15, 0.2) is 24.3 Å². The molecule has 22 heavy (non-hydrogen) atoms. The monoisotopic (exact) mass is 304 g/mol. The molecule has 1 aromatic rings. The van der Waals surface area contributed by atoms with E-state index in [1.165, 1.54) is 38.5 Å². The highest BCUT2D eigenvalue weighted by molar-refractivity contribution is 5.94. The number of nitrogens with one attached hydrogen (secondary N) is 2. The van der Waals surface area contributed by atoms with Crippen LogP contribution in [0.2, 0.25) is 0 Å². The van der Waals surface area contributed by atoms with Gasteiger partial charge in [-0.15, -0.1) is 0 Å². The molecule has 4 nitrogen and oxygen atoms in total. The van der Waals surface area contributed by atoms with Crippen molar-refractivity contribution in [3.63, 3.8) is 0 Å². The first-order valence-corrected chi connectivity index (χ1v) is 8.39. The summed E-state index contributed by atoms with van der Waals surface area (Å²) in [5, 5.41) is 6.54. The van der Waals surface area contributed by atoms with Crippen molar-refractivity contribution in [1.82, 2.24) is 10.6 Å². The van der Waals surface area contributed by atoms with E-state index in [1.807, 2.05) is 24.3 Å². The van der Waals surface area contributed by atoms with E-state index in [-0.39, 0.29) is 5.91 Å². The number of methoxy groups -OCH3 is 1. The Balaban J connectivity index is 1.66. The molecular weight excluding hydrogens is 276 g/mol. The van der Waals surface area contributed by atoms with Crippen LogP contribution in [0, 0.1) is 0 Å². The van der Waals surface area contributed by atoms with E-state index in [0.717, 1.165) is 12.1 Å². The normalized spacial score (nSPS) is 16.2. The zero-order chi connectivity index (χ0) is 15.6. The van der Waals surface area contributed by atoms with E-state index < -0.39 is 0 Å². The predicted octanol–water partition coefficient (Wildman–Crippen LogP) is 2.88. The molecule has 122 valence electrons. The van der Waals surface area contributed by atoms with Gasteiger partial charge < -0.3 is 15.4 Å². The molecule has 1 saturated carbocycles. The Labute approximate surface area is 133 Å². The van der Waals surface area contributed by atoms with E-state index >= 15 is 0 Å². The fourth-order valence-electron chi connectivity index (χ4n) is 2.96. The van der Waals surface area contributed by atoms with Crippen LogP contribution in [-0.2, 0) is 11.3 Å². The highest BCUT2D eigenvalue weighted by atomic mass is 16.5. The van der Waals surface area contributed by atoms with Gasteiger partial charge in [-0.2, -0.15) is 0 Å². The number of benzene rings is 1. The van der Waals surface area contributed by atoms with Gasteiger partial charge in [0.15, 0.2) is 0 Å². The van der Waals surface area contributed by atoms with Crippen LogP contribution < -0.4 is 10.6 Å². The van der Waals surface area contributed by atoms with Gasteiger partial charge in [0.1, 0.15) is 0 Å². The summed E-state index contributed by atoms with van der Waals surface area (Å²) >= 11 is 0. The lowest BCUT2D eigenvalue weighted by Crippen LogP contribution is -2.36. The molecular formula is C18H28N2O2. The number of amides is 1. The number of hydrogen-bond donors (Lipinski definition) is 2. The summed E-state index contributed by atoms with van der Waals surface area (Å²) in [6.07, 6.45) is 7.95. The Morgan fingerprint density at radius 2 is 1.77 bits per heavy atom. The van der Waals surface area contributed by atoms with Gasteiger partial charge in [-0.25, -0.2) is 0 Å². The molecule has 0 saturated heterocycles. The van der Waals surface area contributed by atoms with E-state index in [9.17, 15) is 4.79 Å². The van der Waals surface area contributed by atoms with E-state index in [0.29, 0.717) is 24.8 Å².